The SMILES string of the molecule is C[C@H](Sc1nncn1N)C(=O)Nc1ccc(N2CCOCC2)cc1. The third-order valence-corrected chi connectivity index (χ3v) is 4.77. The first-order valence-electron chi connectivity index (χ1n) is 7.69. The van der Waals surface area contributed by atoms with E-state index < -0.39 is 0 Å². The van der Waals surface area contributed by atoms with E-state index in [9.17, 15) is 4.79 Å². The number of nitrogen functional groups attached to an aromatic ring is 1. The van der Waals surface area contributed by atoms with E-state index in [0.29, 0.717) is 5.16 Å². The monoisotopic (exact) mass is 348 g/mol. The minimum atomic E-state index is -0.338. The van der Waals surface area contributed by atoms with E-state index in [4.69, 9.17) is 10.6 Å². The lowest BCUT2D eigenvalue weighted by atomic mass is 10.2. The molecule has 0 bridgehead atoms. The number of ether oxygens (including phenoxy) is 1. The number of hydrogen-bond donors (Lipinski definition) is 2. The number of carbonyl (C=O) groups excluding carboxylic acids is 1. The highest BCUT2D eigenvalue weighted by Crippen LogP contribution is 2.22. The predicted molar refractivity (Wildman–Crippen MR) is 93.6 cm³/mol. The zero-order valence-electron chi connectivity index (χ0n) is 13.4. The number of aromatic nitrogens is 3. The van der Waals surface area contributed by atoms with Crippen molar-refractivity contribution in [1.82, 2.24) is 14.9 Å². The maximum atomic E-state index is 12.3. The van der Waals surface area contributed by atoms with E-state index in [1.165, 1.54) is 22.8 Å². The minimum Gasteiger partial charge on any atom is -0.378 e. The van der Waals surface area contributed by atoms with E-state index >= 15 is 0 Å². The van der Waals surface area contributed by atoms with Crippen LogP contribution in [0, 0.1) is 0 Å². The molecule has 2 aromatic rings. The first-order valence-corrected chi connectivity index (χ1v) is 8.57. The topological polar surface area (TPSA) is 98.3 Å². The van der Waals surface area contributed by atoms with Gasteiger partial charge in [-0.1, -0.05) is 11.8 Å². The maximum absolute atomic E-state index is 12.3. The number of carbonyl (C=O) groups is 1. The molecule has 2 heterocycles. The van der Waals surface area contributed by atoms with Crippen molar-refractivity contribution in [1.29, 1.82) is 0 Å². The van der Waals surface area contributed by atoms with Crippen LogP contribution in [0.25, 0.3) is 0 Å². The van der Waals surface area contributed by atoms with Crippen LogP contribution in [0.2, 0.25) is 0 Å². The van der Waals surface area contributed by atoms with Gasteiger partial charge in [0.25, 0.3) is 0 Å². The number of nitrogens with zero attached hydrogens (tertiary/aromatic N) is 4. The van der Waals surface area contributed by atoms with Crippen molar-refractivity contribution in [2.24, 2.45) is 0 Å². The fourth-order valence-electron chi connectivity index (χ4n) is 2.35. The number of thioether (sulfide) groups is 1. The standard InChI is InChI=1S/C15H20N6O2S/c1-11(24-15-19-17-10-21(15)16)14(22)18-12-2-4-13(5-3-12)20-6-8-23-9-7-20/h2-5,10-11H,6-9,16H2,1H3,(H,18,22)/t11-/m0/s1. The zero-order valence-corrected chi connectivity index (χ0v) is 14.2. The smallest absolute Gasteiger partial charge is 0.237 e. The van der Waals surface area contributed by atoms with Crippen LogP contribution in [0.3, 0.4) is 0 Å². The summed E-state index contributed by atoms with van der Waals surface area (Å²) in [4.78, 5) is 14.5. The van der Waals surface area contributed by atoms with Crippen molar-refractivity contribution in [3.05, 3.63) is 30.6 Å². The third kappa shape index (κ3) is 3.98. The van der Waals surface area contributed by atoms with Gasteiger partial charge in [-0.05, 0) is 31.2 Å². The maximum Gasteiger partial charge on any atom is 0.237 e. The number of nitrogens with one attached hydrogen (secondary N) is 1. The number of amides is 1. The van der Waals surface area contributed by atoms with Crippen LogP contribution in [-0.4, -0.2) is 52.3 Å². The Balaban J connectivity index is 1.56. The molecule has 0 aliphatic carbocycles. The van der Waals surface area contributed by atoms with Gasteiger partial charge in [-0.3, -0.25) is 4.79 Å². The molecule has 1 saturated heterocycles. The van der Waals surface area contributed by atoms with E-state index in [0.717, 1.165) is 37.7 Å². The molecule has 1 amide bonds. The van der Waals surface area contributed by atoms with Crippen molar-refractivity contribution in [2.75, 3.05) is 42.4 Å². The fourth-order valence-corrected chi connectivity index (χ4v) is 3.09. The molecule has 1 atom stereocenters. The normalized spacial score (nSPS) is 16.0. The van der Waals surface area contributed by atoms with Gasteiger partial charge in [-0.2, -0.15) is 0 Å². The lowest BCUT2D eigenvalue weighted by molar-refractivity contribution is -0.115. The summed E-state index contributed by atoms with van der Waals surface area (Å²) in [6.45, 7) is 5.08. The third-order valence-electron chi connectivity index (χ3n) is 3.70. The zero-order chi connectivity index (χ0) is 16.9. The van der Waals surface area contributed by atoms with Crippen molar-refractivity contribution < 1.29 is 9.53 Å². The Morgan fingerprint density at radius 1 is 1.33 bits per heavy atom. The molecule has 1 aliphatic rings. The first-order chi connectivity index (χ1) is 11.6. The number of nitrogens with two attached hydrogens (primary N) is 1. The van der Waals surface area contributed by atoms with Gasteiger partial charge in [0.1, 0.15) is 6.33 Å². The van der Waals surface area contributed by atoms with Crippen LogP contribution in [0.4, 0.5) is 11.4 Å². The highest BCUT2D eigenvalue weighted by molar-refractivity contribution is 8.00. The largest absolute Gasteiger partial charge is 0.378 e. The summed E-state index contributed by atoms with van der Waals surface area (Å²) in [6.07, 6.45) is 1.40. The molecule has 0 radical (unpaired) electrons. The predicted octanol–water partition coefficient (Wildman–Crippen LogP) is 0.948. The lowest BCUT2D eigenvalue weighted by Gasteiger charge is -2.28. The van der Waals surface area contributed by atoms with Crippen molar-refractivity contribution >= 4 is 29.0 Å². The summed E-state index contributed by atoms with van der Waals surface area (Å²) in [5.41, 5.74) is 1.90. The average molecular weight is 348 g/mol. The van der Waals surface area contributed by atoms with Gasteiger partial charge in [0.15, 0.2) is 0 Å². The number of morpholine rings is 1. The van der Waals surface area contributed by atoms with Crippen LogP contribution in [0.5, 0.6) is 0 Å². The second-order valence-electron chi connectivity index (χ2n) is 5.42. The van der Waals surface area contributed by atoms with Crippen LogP contribution in [0.1, 0.15) is 6.92 Å². The highest BCUT2D eigenvalue weighted by atomic mass is 32.2. The molecule has 8 nitrogen and oxygen atoms in total. The Morgan fingerprint density at radius 3 is 2.67 bits per heavy atom. The molecular formula is C15H20N6O2S. The number of hydrogen-bond acceptors (Lipinski definition) is 7. The van der Waals surface area contributed by atoms with Gasteiger partial charge in [0, 0.05) is 24.5 Å². The number of anilines is 2. The summed E-state index contributed by atoms with van der Waals surface area (Å²) in [5.74, 6) is 5.55. The second-order valence-corrected chi connectivity index (χ2v) is 6.72. The molecule has 24 heavy (non-hydrogen) atoms. The Bertz CT molecular complexity index is 684. The number of benzene rings is 1. The molecule has 3 N–H and O–H groups in total. The first kappa shape index (κ1) is 16.6. The summed E-state index contributed by atoms with van der Waals surface area (Å²) < 4.78 is 6.65. The Morgan fingerprint density at radius 2 is 2.04 bits per heavy atom. The Hall–Kier alpha value is -2.26. The van der Waals surface area contributed by atoms with Crippen LogP contribution in [-0.2, 0) is 9.53 Å². The molecular weight excluding hydrogens is 328 g/mol. The molecule has 0 unspecified atom stereocenters. The van der Waals surface area contributed by atoms with Crippen LogP contribution >= 0.6 is 11.8 Å². The highest BCUT2D eigenvalue weighted by Gasteiger charge is 2.18. The summed E-state index contributed by atoms with van der Waals surface area (Å²) in [7, 11) is 0. The molecule has 1 aromatic heterocycles. The van der Waals surface area contributed by atoms with Gasteiger partial charge in [-0.15, -0.1) is 10.2 Å². The van der Waals surface area contributed by atoms with Crippen LogP contribution in [0.15, 0.2) is 35.7 Å². The van der Waals surface area contributed by atoms with E-state index in [2.05, 4.69) is 20.4 Å². The molecule has 0 saturated carbocycles. The summed E-state index contributed by atoms with van der Waals surface area (Å²) >= 11 is 1.26. The Labute approximate surface area is 144 Å². The Kier molecular flexibility index (Phi) is 5.21. The average Bonchev–Trinajstić information content (AvgIpc) is 3.01. The molecule has 1 aliphatic heterocycles. The van der Waals surface area contributed by atoms with E-state index in [-0.39, 0.29) is 11.2 Å². The van der Waals surface area contributed by atoms with Crippen molar-refractivity contribution in [3.63, 3.8) is 0 Å². The molecule has 9 heteroatoms. The summed E-state index contributed by atoms with van der Waals surface area (Å²) in [6, 6.07) is 7.83. The van der Waals surface area contributed by atoms with Crippen molar-refractivity contribution in [3.8, 4) is 0 Å². The van der Waals surface area contributed by atoms with E-state index in [1.54, 1.807) is 6.92 Å². The van der Waals surface area contributed by atoms with Gasteiger partial charge in [-0.25, -0.2) is 4.68 Å². The fraction of sp³-hybridized carbons (Fsp3) is 0.400. The molecule has 1 aromatic carbocycles. The van der Waals surface area contributed by atoms with Gasteiger partial charge < -0.3 is 20.8 Å². The molecule has 1 fully saturated rings. The molecule has 3 rings (SSSR count). The quantitative estimate of drug-likeness (QED) is 0.613. The molecule has 128 valence electrons. The van der Waals surface area contributed by atoms with Crippen molar-refractivity contribution in [2.45, 2.75) is 17.3 Å². The minimum absolute atomic E-state index is 0.109. The number of rotatable bonds is 5. The summed E-state index contributed by atoms with van der Waals surface area (Å²) in [5, 5.41) is 10.6. The van der Waals surface area contributed by atoms with Gasteiger partial charge in [0.2, 0.25) is 11.1 Å². The van der Waals surface area contributed by atoms with Crippen LogP contribution < -0.4 is 16.1 Å². The van der Waals surface area contributed by atoms with E-state index in [1.807, 2.05) is 24.3 Å². The van der Waals surface area contributed by atoms with Gasteiger partial charge >= 0.3 is 0 Å². The second kappa shape index (κ2) is 7.54. The molecule has 0 spiro atoms. The lowest BCUT2D eigenvalue weighted by Crippen LogP contribution is -2.36. The van der Waals surface area contributed by atoms with Gasteiger partial charge in [0.05, 0.1) is 18.5 Å².